The highest BCUT2D eigenvalue weighted by molar-refractivity contribution is 5.43. The van der Waals surface area contributed by atoms with Crippen LogP contribution in [0.1, 0.15) is 62.4 Å². The summed E-state index contributed by atoms with van der Waals surface area (Å²) in [5, 5.41) is 40.2. The number of aliphatic hydroxyl groups is 4. The van der Waals surface area contributed by atoms with Crippen molar-refractivity contribution in [3.8, 4) is 23.0 Å². The van der Waals surface area contributed by atoms with Gasteiger partial charge in [-0.2, -0.15) is 0 Å². The molecule has 0 aliphatic heterocycles. The second-order valence-electron chi connectivity index (χ2n) is 15.6. The Bertz CT molecular complexity index is 1890. The van der Waals surface area contributed by atoms with Gasteiger partial charge in [0.1, 0.15) is 67.7 Å². The smallest absolute Gasteiger partial charge is 0.122 e. The van der Waals surface area contributed by atoms with Crippen molar-refractivity contribution in [3.63, 3.8) is 0 Å². The van der Waals surface area contributed by atoms with Gasteiger partial charge in [-0.15, -0.1) is 0 Å². The third-order valence-electron chi connectivity index (χ3n) is 9.90. The fourth-order valence-electron chi connectivity index (χ4n) is 6.18. The van der Waals surface area contributed by atoms with Crippen LogP contribution in [0.15, 0.2) is 120 Å². The molecular weight excluding hydrogens is 741 g/mol. The van der Waals surface area contributed by atoms with Crippen LogP contribution in [-0.4, -0.2) is 91.1 Å². The Morgan fingerprint density at radius 3 is 1.09 bits per heavy atom. The number of hydrogen-bond acceptors (Lipinski definition) is 11. The van der Waals surface area contributed by atoms with E-state index in [1.165, 1.54) is 0 Å². The molecule has 5 rings (SSSR count). The van der Waals surface area contributed by atoms with Crippen molar-refractivity contribution >= 4 is 0 Å². The maximum atomic E-state index is 10.6. The highest BCUT2D eigenvalue weighted by Crippen LogP contribution is 2.35. The van der Waals surface area contributed by atoms with Gasteiger partial charge in [-0.05, 0) is 83.8 Å². The predicted molar refractivity (Wildman–Crippen MR) is 221 cm³/mol. The van der Waals surface area contributed by atoms with Gasteiger partial charge in [0.2, 0.25) is 0 Å². The summed E-state index contributed by atoms with van der Waals surface area (Å²) in [6, 6.07) is 33.2. The number of rotatable bonds is 24. The minimum Gasteiger partial charge on any atom is -0.491 e. The fraction of sp³-hybridized carbons (Fsp3) is 0.404. The number of furan rings is 1. The molecule has 0 aliphatic carbocycles. The SMILES string of the molecule is CC(O)COCC(O)COc1ccc(C(C)(C)c2ccc(OCC(O)COc3ccc(C(C)(C)c4ccc(OCC(O)COCc5ccoc5)cc4)cc3)cc2)cc1. The van der Waals surface area contributed by atoms with Crippen molar-refractivity contribution < 1.29 is 53.3 Å². The highest BCUT2D eigenvalue weighted by atomic mass is 16.5. The van der Waals surface area contributed by atoms with Crippen molar-refractivity contribution in [1.82, 2.24) is 0 Å². The van der Waals surface area contributed by atoms with E-state index in [0.29, 0.717) is 29.6 Å². The average molecular weight is 799 g/mol. The van der Waals surface area contributed by atoms with Gasteiger partial charge in [0, 0.05) is 16.4 Å². The molecule has 0 saturated heterocycles. The monoisotopic (exact) mass is 798 g/mol. The molecule has 5 aromatic rings. The first kappa shape index (κ1) is 44.2. The Morgan fingerprint density at radius 1 is 0.448 bits per heavy atom. The zero-order chi connectivity index (χ0) is 41.5. The summed E-state index contributed by atoms with van der Waals surface area (Å²) in [6.07, 6.45) is 0.239. The van der Waals surface area contributed by atoms with E-state index in [9.17, 15) is 20.4 Å². The molecular formula is C47H58O11. The number of benzene rings is 4. The zero-order valence-electron chi connectivity index (χ0n) is 34.1. The first-order valence-electron chi connectivity index (χ1n) is 19.6. The van der Waals surface area contributed by atoms with Crippen LogP contribution < -0.4 is 18.9 Å². The molecule has 4 unspecified atom stereocenters. The van der Waals surface area contributed by atoms with Crippen LogP contribution in [0.4, 0.5) is 0 Å². The Morgan fingerprint density at radius 2 is 0.776 bits per heavy atom. The molecule has 4 N–H and O–H groups in total. The molecule has 0 spiro atoms. The van der Waals surface area contributed by atoms with Gasteiger partial charge < -0.3 is 53.3 Å². The van der Waals surface area contributed by atoms with Gasteiger partial charge in [-0.25, -0.2) is 0 Å². The average Bonchev–Trinajstić information content (AvgIpc) is 3.75. The largest absolute Gasteiger partial charge is 0.491 e. The Balaban J connectivity index is 1.02. The summed E-state index contributed by atoms with van der Waals surface area (Å²) in [6.45, 7) is 11.4. The Labute approximate surface area is 341 Å². The van der Waals surface area contributed by atoms with Gasteiger partial charge in [0.25, 0.3) is 0 Å². The Kier molecular flexibility index (Phi) is 16.2. The van der Waals surface area contributed by atoms with Crippen LogP contribution in [0.3, 0.4) is 0 Å². The molecule has 11 heteroatoms. The first-order valence-corrected chi connectivity index (χ1v) is 19.6. The zero-order valence-corrected chi connectivity index (χ0v) is 34.1. The summed E-state index contributed by atoms with van der Waals surface area (Å²) >= 11 is 0. The van der Waals surface area contributed by atoms with E-state index in [4.69, 9.17) is 32.8 Å². The quantitative estimate of drug-likeness (QED) is 0.0520. The van der Waals surface area contributed by atoms with Crippen LogP contribution in [0.25, 0.3) is 0 Å². The molecule has 0 radical (unpaired) electrons. The lowest BCUT2D eigenvalue weighted by molar-refractivity contribution is -0.0163. The molecule has 4 aromatic carbocycles. The van der Waals surface area contributed by atoms with Crippen molar-refractivity contribution in [2.45, 2.75) is 76.5 Å². The fourth-order valence-corrected chi connectivity index (χ4v) is 6.18. The summed E-state index contributed by atoms with van der Waals surface area (Å²) in [7, 11) is 0. The van der Waals surface area contributed by atoms with E-state index in [1.54, 1.807) is 19.5 Å². The third kappa shape index (κ3) is 13.3. The third-order valence-corrected chi connectivity index (χ3v) is 9.90. The van der Waals surface area contributed by atoms with Gasteiger partial charge in [0.15, 0.2) is 0 Å². The maximum absolute atomic E-state index is 10.6. The molecule has 0 aliphatic rings. The topological polar surface area (TPSA) is 149 Å². The lowest BCUT2D eigenvalue weighted by atomic mass is 9.78. The number of hydrogen-bond donors (Lipinski definition) is 4. The minimum absolute atomic E-state index is 0.0786. The van der Waals surface area contributed by atoms with E-state index in [0.717, 1.165) is 27.8 Å². The van der Waals surface area contributed by atoms with Crippen LogP contribution >= 0.6 is 0 Å². The summed E-state index contributed by atoms with van der Waals surface area (Å²) in [5.41, 5.74) is 4.71. The van der Waals surface area contributed by atoms with Crippen molar-refractivity contribution in [2.24, 2.45) is 0 Å². The number of aliphatic hydroxyl groups excluding tert-OH is 4. The molecule has 0 amide bonds. The molecule has 1 aromatic heterocycles. The van der Waals surface area contributed by atoms with Crippen molar-refractivity contribution in [1.29, 1.82) is 0 Å². The van der Waals surface area contributed by atoms with E-state index in [2.05, 4.69) is 27.7 Å². The highest BCUT2D eigenvalue weighted by Gasteiger charge is 2.25. The second-order valence-corrected chi connectivity index (χ2v) is 15.6. The summed E-state index contributed by atoms with van der Waals surface area (Å²) < 4.78 is 39.1. The lowest BCUT2D eigenvalue weighted by Crippen LogP contribution is -2.25. The first-order chi connectivity index (χ1) is 27.8. The maximum Gasteiger partial charge on any atom is 0.122 e. The van der Waals surface area contributed by atoms with E-state index in [1.807, 2.05) is 103 Å². The normalized spacial score (nSPS) is 14.0. The van der Waals surface area contributed by atoms with Crippen molar-refractivity contribution in [2.75, 3.05) is 46.2 Å². The molecule has 4 atom stereocenters. The van der Waals surface area contributed by atoms with E-state index < -0.39 is 24.4 Å². The van der Waals surface area contributed by atoms with Gasteiger partial charge >= 0.3 is 0 Å². The standard InChI is InChI=1S/C47H58O11/c1-33(48)24-53-27-39(49)29-55-42-14-6-35(7-15-42)46(2,3)37-10-18-44(19-11-37)57-31-41(51)32-58-45-20-12-38(13-21-45)47(4,5)36-8-16-43(17-9-36)56-30-40(50)28-54-26-34-22-23-52-25-34/h6-23,25,33,39-41,48-51H,24,26-32H2,1-5H3. The molecule has 1 heterocycles. The molecule has 58 heavy (non-hydrogen) atoms. The van der Waals surface area contributed by atoms with E-state index >= 15 is 0 Å². The Hall–Kier alpha value is -4.88. The minimum atomic E-state index is -0.831. The number of ether oxygens (including phenoxy) is 6. The van der Waals surface area contributed by atoms with Gasteiger partial charge in [-0.3, -0.25) is 0 Å². The van der Waals surface area contributed by atoms with Crippen LogP contribution in [0, 0.1) is 0 Å². The van der Waals surface area contributed by atoms with E-state index in [-0.39, 0.29) is 57.1 Å². The van der Waals surface area contributed by atoms with Crippen LogP contribution in [0.2, 0.25) is 0 Å². The van der Waals surface area contributed by atoms with Crippen LogP contribution in [-0.2, 0) is 26.9 Å². The molecule has 0 bridgehead atoms. The molecule has 11 nitrogen and oxygen atoms in total. The van der Waals surface area contributed by atoms with Gasteiger partial charge in [-0.1, -0.05) is 76.2 Å². The van der Waals surface area contributed by atoms with Crippen molar-refractivity contribution in [3.05, 3.63) is 143 Å². The predicted octanol–water partition coefficient (Wildman–Crippen LogP) is 6.84. The molecule has 0 saturated carbocycles. The second kappa shape index (κ2) is 21.2. The van der Waals surface area contributed by atoms with Crippen LogP contribution in [0.5, 0.6) is 23.0 Å². The summed E-state index contributed by atoms with van der Waals surface area (Å²) in [5.74, 6) is 2.61. The summed E-state index contributed by atoms with van der Waals surface area (Å²) in [4.78, 5) is 0. The lowest BCUT2D eigenvalue weighted by Gasteiger charge is -2.27. The molecule has 312 valence electrons. The van der Waals surface area contributed by atoms with Gasteiger partial charge in [0.05, 0.1) is 45.1 Å². The molecule has 0 fully saturated rings.